The number of carbonyl (C=O) groups excluding carboxylic acids is 2. The zero-order valence-corrected chi connectivity index (χ0v) is 17.1. The predicted octanol–water partition coefficient (Wildman–Crippen LogP) is 2.27. The third-order valence-corrected chi connectivity index (χ3v) is 4.42. The molecule has 2 rings (SSSR count). The number of nitrogens with zero attached hydrogens (tertiary/aromatic N) is 1. The van der Waals surface area contributed by atoms with Crippen molar-refractivity contribution >= 4 is 12.0 Å². The monoisotopic (exact) mass is 406 g/mol. The molecule has 160 valence electrons. The van der Waals surface area contributed by atoms with E-state index in [2.05, 4.69) is 11.9 Å². The maximum Gasteiger partial charge on any atom is 0.408 e. The zero-order valence-electron chi connectivity index (χ0n) is 17.1. The molecule has 1 aliphatic heterocycles. The highest BCUT2D eigenvalue weighted by Crippen LogP contribution is 2.33. The number of hydrogen-bond acceptors (Lipinski definition) is 6. The number of morpholine rings is 1. The topological polar surface area (TPSA) is 86.3 Å². The van der Waals surface area contributed by atoms with Crippen LogP contribution in [0.1, 0.15) is 25.5 Å². The summed E-state index contributed by atoms with van der Waals surface area (Å²) in [6.45, 7) is 9.27. The number of ether oxygens (including phenoxy) is 4. The molecule has 1 saturated heterocycles. The first-order valence-electron chi connectivity index (χ1n) is 9.83. The Morgan fingerprint density at radius 1 is 1.21 bits per heavy atom. The van der Waals surface area contributed by atoms with Crippen LogP contribution in [0.5, 0.6) is 0 Å². The molecule has 8 nitrogen and oxygen atoms in total. The Morgan fingerprint density at radius 3 is 2.38 bits per heavy atom. The number of nitrogens with one attached hydrogen (secondary N) is 1. The van der Waals surface area contributed by atoms with Gasteiger partial charge in [-0.2, -0.15) is 0 Å². The van der Waals surface area contributed by atoms with E-state index in [0.717, 1.165) is 0 Å². The fraction of sp³-hybridized carbons (Fsp3) is 0.524. The Labute approximate surface area is 171 Å². The van der Waals surface area contributed by atoms with Gasteiger partial charge in [-0.15, -0.1) is 0 Å². The molecule has 1 atom stereocenters. The molecule has 1 aliphatic rings. The lowest BCUT2D eigenvalue weighted by Gasteiger charge is -2.42. The lowest BCUT2D eigenvalue weighted by atomic mass is 9.96. The van der Waals surface area contributed by atoms with Crippen LogP contribution in [-0.2, 0) is 23.7 Å². The summed E-state index contributed by atoms with van der Waals surface area (Å²) in [6, 6.07) is 8.18. The van der Waals surface area contributed by atoms with Gasteiger partial charge in [-0.25, -0.2) is 4.79 Å². The van der Waals surface area contributed by atoms with Crippen LogP contribution in [-0.4, -0.2) is 68.8 Å². The van der Waals surface area contributed by atoms with E-state index in [1.807, 2.05) is 18.2 Å². The van der Waals surface area contributed by atoms with Crippen LogP contribution < -0.4 is 5.32 Å². The van der Waals surface area contributed by atoms with Gasteiger partial charge in [0.2, 0.25) is 0 Å². The summed E-state index contributed by atoms with van der Waals surface area (Å²) in [5.74, 6) is -2.10. The Hall–Kier alpha value is -2.42. The fourth-order valence-corrected chi connectivity index (χ4v) is 3.21. The Morgan fingerprint density at radius 2 is 1.83 bits per heavy atom. The van der Waals surface area contributed by atoms with Crippen molar-refractivity contribution in [2.24, 2.45) is 0 Å². The van der Waals surface area contributed by atoms with E-state index in [1.165, 1.54) is 6.08 Å². The zero-order chi connectivity index (χ0) is 21.1. The van der Waals surface area contributed by atoms with Crippen molar-refractivity contribution in [1.29, 1.82) is 0 Å². The molecule has 0 aromatic heterocycles. The molecular formula is C21H30N2O6. The highest BCUT2D eigenvalue weighted by Gasteiger charge is 2.52. The van der Waals surface area contributed by atoms with Crippen LogP contribution in [0.25, 0.3) is 0 Å². The molecule has 29 heavy (non-hydrogen) atoms. The number of alkyl carbamates (subject to hydrolysis) is 1. The highest BCUT2D eigenvalue weighted by molar-refractivity contribution is 5.86. The highest BCUT2D eigenvalue weighted by atomic mass is 16.7. The van der Waals surface area contributed by atoms with Crippen LogP contribution >= 0.6 is 0 Å². The smallest absolute Gasteiger partial charge is 0.408 e. The third-order valence-electron chi connectivity index (χ3n) is 4.42. The van der Waals surface area contributed by atoms with Crippen LogP contribution in [0, 0.1) is 0 Å². The normalized spacial score (nSPS) is 15.4. The predicted molar refractivity (Wildman–Crippen MR) is 107 cm³/mol. The number of rotatable bonds is 10. The van der Waals surface area contributed by atoms with E-state index in [9.17, 15) is 9.59 Å². The van der Waals surface area contributed by atoms with Gasteiger partial charge in [-0.1, -0.05) is 43.0 Å². The molecular weight excluding hydrogens is 376 g/mol. The number of benzene rings is 1. The van der Waals surface area contributed by atoms with Gasteiger partial charge in [0.1, 0.15) is 12.6 Å². The molecule has 1 unspecified atom stereocenters. The van der Waals surface area contributed by atoms with E-state index in [-0.39, 0.29) is 25.7 Å². The van der Waals surface area contributed by atoms with Gasteiger partial charge in [0.05, 0.1) is 13.2 Å². The van der Waals surface area contributed by atoms with E-state index in [0.29, 0.717) is 31.9 Å². The maximum absolute atomic E-state index is 13.6. The first-order valence-corrected chi connectivity index (χ1v) is 9.83. The summed E-state index contributed by atoms with van der Waals surface area (Å²) in [5.41, 5.74) is 0.659. The molecule has 8 heteroatoms. The molecule has 2 amide bonds. The van der Waals surface area contributed by atoms with Gasteiger partial charge < -0.3 is 29.2 Å². The summed E-state index contributed by atoms with van der Waals surface area (Å²) in [4.78, 5) is 27.7. The summed E-state index contributed by atoms with van der Waals surface area (Å²) in [7, 11) is 0. The average molecular weight is 406 g/mol. The van der Waals surface area contributed by atoms with Gasteiger partial charge in [-0.05, 0) is 19.4 Å². The summed E-state index contributed by atoms with van der Waals surface area (Å²) in [6.07, 6.45) is 0.770. The summed E-state index contributed by atoms with van der Waals surface area (Å²) < 4.78 is 22.4. The second-order valence-electron chi connectivity index (χ2n) is 6.31. The van der Waals surface area contributed by atoms with Gasteiger partial charge in [-0.3, -0.25) is 4.79 Å². The summed E-state index contributed by atoms with van der Waals surface area (Å²) in [5, 5.41) is 2.76. The van der Waals surface area contributed by atoms with Crippen LogP contribution in [0.2, 0.25) is 0 Å². The van der Waals surface area contributed by atoms with Crippen molar-refractivity contribution in [2.75, 3.05) is 46.1 Å². The Bertz CT molecular complexity index is 654. The van der Waals surface area contributed by atoms with Crippen LogP contribution in [0.4, 0.5) is 4.79 Å². The Kier molecular flexibility index (Phi) is 9.11. The molecule has 0 spiro atoms. The Balaban J connectivity index is 2.47. The number of hydrogen-bond donors (Lipinski definition) is 1. The molecule has 0 saturated carbocycles. The molecule has 1 fully saturated rings. The van der Waals surface area contributed by atoms with Crippen molar-refractivity contribution < 1.29 is 28.5 Å². The van der Waals surface area contributed by atoms with Crippen molar-refractivity contribution in [3.05, 3.63) is 48.6 Å². The number of amides is 2. The van der Waals surface area contributed by atoms with Gasteiger partial charge in [0.25, 0.3) is 11.7 Å². The SMILES string of the molecule is C=CCOC(=O)NC(c1ccccc1)C(OCC)(OCC)C(=O)N1CCOCC1. The molecule has 0 radical (unpaired) electrons. The second kappa shape index (κ2) is 11.5. The van der Waals surface area contributed by atoms with E-state index >= 15 is 0 Å². The third kappa shape index (κ3) is 5.79. The van der Waals surface area contributed by atoms with E-state index in [1.54, 1.807) is 30.9 Å². The first-order chi connectivity index (χ1) is 14.1. The van der Waals surface area contributed by atoms with Crippen LogP contribution in [0.15, 0.2) is 43.0 Å². The molecule has 1 heterocycles. The molecule has 0 bridgehead atoms. The standard InChI is InChI=1S/C21H30N2O6/c1-4-14-27-20(25)22-18(17-10-8-7-9-11-17)21(28-5-2,29-6-3)19(24)23-12-15-26-16-13-23/h4,7-11,18H,1,5-6,12-16H2,2-3H3,(H,22,25). The second-order valence-corrected chi connectivity index (χ2v) is 6.31. The van der Waals surface area contributed by atoms with Crippen molar-refractivity contribution in [3.63, 3.8) is 0 Å². The average Bonchev–Trinajstić information content (AvgIpc) is 2.76. The van der Waals surface area contributed by atoms with Crippen molar-refractivity contribution in [2.45, 2.75) is 25.7 Å². The van der Waals surface area contributed by atoms with E-state index in [4.69, 9.17) is 18.9 Å². The van der Waals surface area contributed by atoms with Crippen molar-refractivity contribution in [1.82, 2.24) is 10.2 Å². The maximum atomic E-state index is 13.6. The molecule has 1 aromatic carbocycles. The minimum absolute atomic E-state index is 0.0427. The lowest BCUT2D eigenvalue weighted by molar-refractivity contribution is -0.250. The minimum atomic E-state index is -1.74. The quantitative estimate of drug-likeness (QED) is 0.474. The lowest BCUT2D eigenvalue weighted by Crippen LogP contribution is -2.61. The number of carbonyl (C=O) groups is 2. The molecule has 1 aromatic rings. The molecule has 0 aliphatic carbocycles. The first kappa shape index (κ1) is 22.9. The fourth-order valence-electron chi connectivity index (χ4n) is 3.21. The van der Waals surface area contributed by atoms with Crippen molar-refractivity contribution in [3.8, 4) is 0 Å². The van der Waals surface area contributed by atoms with E-state index < -0.39 is 17.9 Å². The van der Waals surface area contributed by atoms with Gasteiger partial charge >= 0.3 is 6.09 Å². The molecule has 1 N–H and O–H groups in total. The van der Waals surface area contributed by atoms with Gasteiger partial charge in [0, 0.05) is 26.3 Å². The largest absolute Gasteiger partial charge is 0.445 e. The summed E-state index contributed by atoms with van der Waals surface area (Å²) >= 11 is 0. The van der Waals surface area contributed by atoms with Crippen LogP contribution in [0.3, 0.4) is 0 Å². The van der Waals surface area contributed by atoms with Gasteiger partial charge in [0.15, 0.2) is 0 Å². The minimum Gasteiger partial charge on any atom is -0.445 e.